The molecule has 0 atom stereocenters. The first-order valence-corrected chi connectivity index (χ1v) is 7.65. The maximum absolute atomic E-state index is 13.6. The van der Waals surface area contributed by atoms with Crippen molar-refractivity contribution in [2.75, 3.05) is 26.7 Å². The minimum atomic E-state index is -8.04. The maximum Gasteiger partial charge on any atom is 0.460 e. The summed E-state index contributed by atoms with van der Waals surface area (Å²) in [5, 5.41) is 0. The lowest BCUT2D eigenvalue weighted by atomic mass is 9.93. The molecule has 0 heterocycles. The van der Waals surface area contributed by atoms with Crippen molar-refractivity contribution in [3.63, 3.8) is 0 Å². The molecule has 0 amide bonds. The average molecular weight is 464 g/mol. The van der Waals surface area contributed by atoms with Crippen LogP contribution in [0.4, 0.5) is 61.5 Å². The zero-order valence-corrected chi connectivity index (χ0v) is 14.9. The summed E-state index contributed by atoms with van der Waals surface area (Å²) in [6.45, 7) is 2.24. The molecule has 0 aromatic carbocycles. The van der Waals surface area contributed by atoms with Crippen LogP contribution in [0.5, 0.6) is 0 Å². The third-order valence-corrected chi connectivity index (χ3v) is 4.47. The van der Waals surface area contributed by atoms with Crippen LogP contribution < -0.4 is 0 Å². The molecule has 0 spiro atoms. The van der Waals surface area contributed by atoms with E-state index in [1.807, 2.05) is 0 Å². The molecule has 0 radical (unpaired) electrons. The largest absolute Gasteiger partial charge is 0.460 e. The van der Waals surface area contributed by atoms with Gasteiger partial charge in [-0.05, 0) is 13.8 Å². The van der Waals surface area contributed by atoms with Gasteiger partial charge in [-0.15, -0.1) is 0 Å². The van der Waals surface area contributed by atoms with E-state index in [0.29, 0.717) is 0 Å². The predicted molar refractivity (Wildman–Crippen MR) is 72.1 cm³/mol. The van der Waals surface area contributed by atoms with Gasteiger partial charge in [0.1, 0.15) is 6.54 Å². The number of hydrogen-bond acceptors (Lipinski definition) is 0. The smallest absolute Gasteiger partial charge is 0.323 e. The predicted octanol–water partition coefficient (Wildman–Crippen LogP) is 6.07. The molecule has 0 aromatic rings. The molecule has 1 nitrogen and oxygen atoms in total. The molecule has 0 aliphatic rings. The summed E-state index contributed by atoms with van der Waals surface area (Å²) in [4.78, 5) is 0. The van der Waals surface area contributed by atoms with Gasteiger partial charge in [0.25, 0.3) is 0 Å². The lowest BCUT2D eigenvalue weighted by Gasteiger charge is -2.39. The first-order valence-electron chi connectivity index (χ1n) is 7.65. The Hall–Kier alpha value is -1.28. The van der Waals surface area contributed by atoms with Crippen molar-refractivity contribution in [1.29, 1.82) is 0 Å². The summed E-state index contributed by atoms with van der Waals surface area (Å²) in [5.41, 5.74) is 0. The minimum absolute atomic E-state index is 0.0915. The molecule has 0 bridgehead atoms. The van der Waals surface area contributed by atoms with Crippen LogP contribution in [0.15, 0.2) is 11.9 Å². The van der Waals surface area contributed by atoms with Crippen LogP contribution in [0.1, 0.15) is 13.8 Å². The van der Waals surface area contributed by atoms with E-state index in [1.54, 1.807) is 0 Å². The lowest BCUT2D eigenvalue weighted by molar-refractivity contribution is -0.900. The molecule has 29 heavy (non-hydrogen) atoms. The zero-order chi connectivity index (χ0) is 23.9. The summed E-state index contributed by atoms with van der Waals surface area (Å²) in [7, 11) is 1.28. The van der Waals surface area contributed by atoms with Gasteiger partial charge >= 0.3 is 35.8 Å². The molecular weight excluding hydrogens is 448 g/mol. The van der Waals surface area contributed by atoms with Crippen molar-refractivity contribution in [1.82, 2.24) is 0 Å². The molecule has 0 fully saturated rings. The Morgan fingerprint density at radius 2 is 1.00 bits per heavy atom. The van der Waals surface area contributed by atoms with Crippen LogP contribution in [0, 0.1) is 0 Å². The summed E-state index contributed by atoms with van der Waals surface area (Å²) in [6.07, 6.45) is -7.85. The Kier molecular flexibility index (Phi) is 7.42. The van der Waals surface area contributed by atoms with E-state index in [9.17, 15) is 61.5 Å². The number of nitrogens with zero attached hydrogens (tertiary/aromatic N) is 1. The molecule has 0 saturated carbocycles. The summed E-state index contributed by atoms with van der Waals surface area (Å²) in [5.74, 6) is -41.7. The molecule has 0 saturated heterocycles. The van der Waals surface area contributed by atoms with Gasteiger partial charge in [-0.1, -0.05) is 0 Å². The van der Waals surface area contributed by atoms with Crippen LogP contribution in [0.25, 0.3) is 0 Å². The minimum Gasteiger partial charge on any atom is -0.323 e. The molecule has 0 rings (SSSR count). The number of likely N-dealkylation sites (N-methyl/N-ethyl adjacent to an activating group) is 1. The second-order valence-corrected chi connectivity index (χ2v) is 6.36. The summed E-state index contributed by atoms with van der Waals surface area (Å²) >= 11 is 0. The van der Waals surface area contributed by atoms with Crippen molar-refractivity contribution in [2.45, 2.75) is 49.6 Å². The third kappa shape index (κ3) is 4.29. The number of quaternary nitrogens is 1. The van der Waals surface area contributed by atoms with Gasteiger partial charge in [0.15, 0.2) is 5.83 Å². The highest BCUT2D eigenvalue weighted by molar-refractivity contribution is 5.18. The maximum atomic E-state index is 13.6. The van der Waals surface area contributed by atoms with Crippen LogP contribution in [0.3, 0.4) is 0 Å². The summed E-state index contributed by atoms with van der Waals surface area (Å²) in [6, 6.07) is 0. The zero-order valence-electron chi connectivity index (χ0n) is 14.9. The normalized spacial score (nSPS) is 16.4. The molecular formula is C14H16F14N+. The first-order chi connectivity index (χ1) is 12.5. The number of halogens is 14. The van der Waals surface area contributed by atoms with Crippen molar-refractivity contribution in [3.8, 4) is 0 Å². The van der Waals surface area contributed by atoms with Crippen molar-refractivity contribution in [3.05, 3.63) is 11.9 Å². The van der Waals surface area contributed by atoms with Gasteiger partial charge in [0.2, 0.25) is 0 Å². The monoisotopic (exact) mass is 464 g/mol. The van der Waals surface area contributed by atoms with Gasteiger partial charge in [-0.25, -0.2) is 4.39 Å². The second-order valence-electron chi connectivity index (χ2n) is 6.36. The van der Waals surface area contributed by atoms with Crippen LogP contribution >= 0.6 is 0 Å². The molecule has 0 aromatic heterocycles. The van der Waals surface area contributed by atoms with Gasteiger partial charge in [-0.3, -0.25) is 0 Å². The van der Waals surface area contributed by atoms with E-state index in [2.05, 4.69) is 0 Å². The second kappa shape index (κ2) is 7.76. The van der Waals surface area contributed by atoms with Crippen molar-refractivity contribution >= 4 is 0 Å². The highest BCUT2D eigenvalue weighted by atomic mass is 19.4. The standard InChI is InChI=1S/C14H16F14N/c1-4-29(3,5-2)7-6-8(15)9(16,17)10(18,19)11(20,21)12(22,23)13(24,25)14(26,27)28/h6H,4-5,7H2,1-3H3/q+1/b8-6-. The van der Waals surface area contributed by atoms with Gasteiger partial charge in [0, 0.05) is 6.08 Å². The molecule has 0 unspecified atom stereocenters. The molecule has 0 N–H and O–H groups in total. The van der Waals surface area contributed by atoms with Gasteiger partial charge in [-0.2, -0.15) is 57.1 Å². The first kappa shape index (κ1) is 27.7. The van der Waals surface area contributed by atoms with E-state index in [-0.39, 0.29) is 23.6 Å². The Labute approximate surface area is 155 Å². The Morgan fingerprint density at radius 3 is 1.31 bits per heavy atom. The Bertz CT molecular complexity index is 600. The highest BCUT2D eigenvalue weighted by Crippen LogP contribution is 2.61. The number of rotatable bonds is 9. The molecule has 0 aliphatic heterocycles. The van der Waals surface area contributed by atoms with E-state index < -0.39 is 48.2 Å². The number of hydrogen-bond donors (Lipinski definition) is 0. The van der Waals surface area contributed by atoms with Crippen LogP contribution in [-0.4, -0.2) is 67.0 Å². The third-order valence-electron chi connectivity index (χ3n) is 4.47. The summed E-state index contributed by atoms with van der Waals surface area (Å²) < 4.78 is 181. The molecule has 174 valence electrons. The molecule has 0 aliphatic carbocycles. The number of alkyl halides is 13. The van der Waals surface area contributed by atoms with Crippen molar-refractivity contribution in [2.24, 2.45) is 0 Å². The fraction of sp³-hybridized carbons (Fsp3) is 0.857. The Balaban J connectivity index is 6.30. The molecule has 15 heteroatoms. The van der Waals surface area contributed by atoms with Gasteiger partial charge < -0.3 is 4.48 Å². The fourth-order valence-corrected chi connectivity index (χ4v) is 1.83. The van der Waals surface area contributed by atoms with E-state index in [1.165, 1.54) is 20.9 Å². The SMILES string of the molecule is CC[N+](C)(CC)C/C=C(\F)C(F)(F)C(F)(F)C(F)(F)C(F)(F)C(F)(F)C(F)(F)F. The highest BCUT2D eigenvalue weighted by Gasteiger charge is 2.91. The van der Waals surface area contributed by atoms with Crippen molar-refractivity contribution < 1.29 is 65.9 Å². The van der Waals surface area contributed by atoms with E-state index in [0.717, 1.165) is 0 Å². The van der Waals surface area contributed by atoms with E-state index >= 15 is 0 Å². The van der Waals surface area contributed by atoms with Crippen LogP contribution in [-0.2, 0) is 0 Å². The van der Waals surface area contributed by atoms with Crippen LogP contribution in [0.2, 0.25) is 0 Å². The van der Waals surface area contributed by atoms with E-state index in [4.69, 9.17) is 0 Å². The lowest BCUT2D eigenvalue weighted by Crippen LogP contribution is -2.70. The number of allylic oxidation sites excluding steroid dienone is 1. The average Bonchev–Trinajstić information content (AvgIpc) is 2.57. The Morgan fingerprint density at radius 1 is 0.655 bits per heavy atom. The topological polar surface area (TPSA) is 0 Å². The van der Waals surface area contributed by atoms with Gasteiger partial charge in [0.05, 0.1) is 20.1 Å². The fourth-order valence-electron chi connectivity index (χ4n) is 1.83. The quantitative estimate of drug-likeness (QED) is 0.287.